The van der Waals surface area contributed by atoms with Crippen molar-refractivity contribution in [2.45, 2.75) is 18.9 Å². The number of anilines is 1. The van der Waals surface area contributed by atoms with Gasteiger partial charge < -0.3 is 25.2 Å². The zero-order chi connectivity index (χ0) is 15.4. The van der Waals surface area contributed by atoms with Crippen LogP contribution in [0.15, 0.2) is 18.2 Å². The van der Waals surface area contributed by atoms with Crippen molar-refractivity contribution in [3.8, 4) is 11.5 Å². The fourth-order valence-corrected chi connectivity index (χ4v) is 2.02. The largest absolute Gasteiger partial charge is 0.497 e. The number of hydrogen-bond acceptors (Lipinski definition) is 4. The third kappa shape index (κ3) is 3.77. The molecule has 1 aliphatic rings. The van der Waals surface area contributed by atoms with Crippen molar-refractivity contribution in [1.82, 2.24) is 5.32 Å². The Hall–Kier alpha value is -2.44. The molecule has 114 valence electrons. The molecule has 0 radical (unpaired) electrons. The van der Waals surface area contributed by atoms with E-state index in [9.17, 15) is 9.59 Å². The number of carbonyl (C=O) groups is 2. The van der Waals surface area contributed by atoms with E-state index in [4.69, 9.17) is 14.6 Å². The van der Waals surface area contributed by atoms with E-state index in [1.165, 1.54) is 14.2 Å². The van der Waals surface area contributed by atoms with Crippen LogP contribution < -0.4 is 20.1 Å². The topological polar surface area (TPSA) is 96.9 Å². The molecular formula is C14H18N2O5. The quantitative estimate of drug-likeness (QED) is 0.742. The Morgan fingerprint density at radius 2 is 2.00 bits per heavy atom. The van der Waals surface area contributed by atoms with Crippen molar-refractivity contribution in [2.24, 2.45) is 5.92 Å². The van der Waals surface area contributed by atoms with Gasteiger partial charge in [0.15, 0.2) is 0 Å². The van der Waals surface area contributed by atoms with Crippen LogP contribution in [0.2, 0.25) is 0 Å². The molecule has 1 aliphatic carbocycles. The maximum Gasteiger partial charge on any atom is 0.326 e. The monoisotopic (exact) mass is 294 g/mol. The number of benzene rings is 1. The number of rotatable bonds is 6. The summed E-state index contributed by atoms with van der Waals surface area (Å²) in [5.41, 5.74) is 0.411. The van der Waals surface area contributed by atoms with Crippen LogP contribution in [-0.2, 0) is 4.79 Å². The third-order valence-electron chi connectivity index (χ3n) is 3.30. The predicted molar refractivity (Wildman–Crippen MR) is 75.8 cm³/mol. The maximum atomic E-state index is 11.9. The standard InChI is InChI=1S/C14H18N2O5/c1-20-9-5-6-11(21-2)10(7-9)15-14(19)16-12(13(17)18)8-3-4-8/h5-8,12H,3-4H2,1-2H3,(H,17,18)(H2,15,16,19). The highest BCUT2D eigenvalue weighted by molar-refractivity contribution is 5.94. The summed E-state index contributed by atoms with van der Waals surface area (Å²) in [6.07, 6.45) is 1.64. The van der Waals surface area contributed by atoms with E-state index >= 15 is 0 Å². The van der Waals surface area contributed by atoms with Crippen molar-refractivity contribution >= 4 is 17.7 Å². The van der Waals surface area contributed by atoms with E-state index in [2.05, 4.69) is 10.6 Å². The van der Waals surface area contributed by atoms with Crippen molar-refractivity contribution in [3.63, 3.8) is 0 Å². The van der Waals surface area contributed by atoms with Gasteiger partial charge >= 0.3 is 12.0 Å². The van der Waals surface area contributed by atoms with Crippen molar-refractivity contribution < 1.29 is 24.2 Å². The zero-order valence-corrected chi connectivity index (χ0v) is 11.9. The smallest absolute Gasteiger partial charge is 0.326 e. The van der Waals surface area contributed by atoms with Gasteiger partial charge in [0.1, 0.15) is 17.5 Å². The Balaban J connectivity index is 2.06. The molecule has 0 bridgehead atoms. The molecule has 21 heavy (non-hydrogen) atoms. The molecule has 1 atom stereocenters. The molecule has 0 aliphatic heterocycles. The lowest BCUT2D eigenvalue weighted by atomic mass is 10.2. The summed E-state index contributed by atoms with van der Waals surface area (Å²) in [5, 5.41) is 14.1. The Bertz CT molecular complexity index is 542. The van der Waals surface area contributed by atoms with Gasteiger partial charge in [0.05, 0.1) is 19.9 Å². The number of methoxy groups -OCH3 is 2. The third-order valence-corrected chi connectivity index (χ3v) is 3.30. The van der Waals surface area contributed by atoms with Crippen LogP contribution in [0.25, 0.3) is 0 Å². The first-order valence-corrected chi connectivity index (χ1v) is 6.57. The molecule has 2 amide bonds. The van der Waals surface area contributed by atoms with Crippen LogP contribution in [0.4, 0.5) is 10.5 Å². The lowest BCUT2D eigenvalue weighted by molar-refractivity contribution is -0.139. The van der Waals surface area contributed by atoms with Gasteiger partial charge in [-0.2, -0.15) is 0 Å². The number of ether oxygens (including phenoxy) is 2. The highest BCUT2D eigenvalue weighted by Crippen LogP contribution is 2.33. The molecule has 1 unspecified atom stereocenters. The lowest BCUT2D eigenvalue weighted by Crippen LogP contribution is -2.44. The van der Waals surface area contributed by atoms with Crippen LogP contribution >= 0.6 is 0 Å². The Kier molecular flexibility index (Phi) is 4.52. The van der Waals surface area contributed by atoms with E-state index < -0.39 is 18.0 Å². The van der Waals surface area contributed by atoms with Gasteiger partial charge in [-0.15, -0.1) is 0 Å². The summed E-state index contributed by atoms with van der Waals surface area (Å²) in [6.45, 7) is 0. The number of carbonyl (C=O) groups excluding carboxylic acids is 1. The molecule has 7 heteroatoms. The average molecular weight is 294 g/mol. The second-order valence-corrected chi connectivity index (χ2v) is 4.82. The van der Waals surface area contributed by atoms with E-state index in [0.29, 0.717) is 17.2 Å². The Morgan fingerprint density at radius 1 is 1.29 bits per heavy atom. The Morgan fingerprint density at radius 3 is 2.52 bits per heavy atom. The zero-order valence-electron chi connectivity index (χ0n) is 11.9. The molecule has 7 nitrogen and oxygen atoms in total. The first-order valence-electron chi connectivity index (χ1n) is 6.57. The predicted octanol–water partition coefficient (Wildman–Crippen LogP) is 1.69. The van der Waals surface area contributed by atoms with Crippen LogP contribution in [0, 0.1) is 5.92 Å². The average Bonchev–Trinajstić information content (AvgIpc) is 3.28. The molecule has 1 aromatic rings. The van der Waals surface area contributed by atoms with Crippen molar-refractivity contribution in [2.75, 3.05) is 19.5 Å². The number of aliphatic carboxylic acids is 1. The molecule has 0 aromatic heterocycles. The molecule has 1 saturated carbocycles. The summed E-state index contributed by atoms with van der Waals surface area (Å²) >= 11 is 0. The number of amides is 2. The van der Waals surface area contributed by atoms with Gasteiger partial charge in [-0.3, -0.25) is 0 Å². The van der Waals surface area contributed by atoms with Gasteiger partial charge in [0.25, 0.3) is 0 Å². The number of nitrogens with one attached hydrogen (secondary N) is 2. The minimum Gasteiger partial charge on any atom is -0.497 e. The van der Waals surface area contributed by atoms with Crippen LogP contribution in [0.3, 0.4) is 0 Å². The van der Waals surface area contributed by atoms with E-state index in [-0.39, 0.29) is 5.92 Å². The van der Waals surface area contributed by atoms with Crippen LogP contribution in [-0.4, -0.2) is 37.4 Å². The van der Waals surface area contributed by atoms with Gasteiger partial charge in [-0.1, -0.05) is 0 Å². The second kappa shape index (κ2) is 6.34. The van der Waals surface area contributed by atoms with E-state index in [0.717, 1.165) is 12.8 Å². The molecular weight excluding hydrogens is 276 g/mol. The number of carboxylic acid groups (broad SMARTS) is 1. The Labute approximate surface area is 122 Å². The molecule has 2 rings (SSSR count). The molecule has 3 N–H and O–H groups in total. The summed E-state index contributed by atoms with van der Waals surface area (Å²) in [7, 11) is 2.99. The summed E-state index contributed by atoms with van der Waals surface area (Å²) < 4.78 is 10.2. The summed E-state index contributed by atoms with van der Waals surface area (Å²) in [5.74, 6) is 0.0121. The first-order chi connectivity index (χ1) is 10.0. The number of urea groups is 1. The molecule has 0 saturated heterocycles. The fourth-order valence-electron chi connectivity index (χ4n) is 2.02. The second-order valence-electron chi connectivity index (χ2n) is 4.82. The molecule has 0 spiro atoms. The van der Waals surface area contributed by atoms with Gasteiger partial charge in [0.2, 0.25) is 0 Å². The maximum absolute atomic E-state index is 11.9. The highest BCUT2D eigenvalue weighted by atomic mass is 16.5. The van der Waals surface area contributed by atoms with Crippen LogP contribution in [0.1, 0.15) is 12.8 Å². The molecule has 1 fully saturated rings. The van der Waals surface area contributed by atoms with Crippen LogP contribution in [0.5, 0.6) is 11.5 Å². The van der Waals surface area contributed by atoms with Crippen molar-refractivity contribution in [3.05, 3.63) is 18.2 Å². The highest BCUT2D eigenvalue weighted by Gasteiger charge is 2.37. The van der Waals surface area contributed by atoms with Gasteiger partial charge in [-0.25, -0.2) is 9.59 Å². The first kappa shape index (κ1) is 15.0. The summed E-state index contributed by atoms with van der Waals surface area (Å²) in [4.78, 5) is 23.1. The number of hydrogen-bond donors (Lipinski definition) is 3. The normalized spacial score (nSPS) is 15.0. The molecule has 1 aromatic carbocycles. The SMILES string of the molecule is COc1ccc(OC)c(NC(=O)NC(C(=O)O)C2CC2)c1. The van der Waals surface area contributed by atoms with Gasteiger partial charge in [0, 0.05) is 6.07 Å². The minimum atomic E-state index is -1.02. The van der Waals surface area contributed by atoms with E-state index in [1.54, 1.807) is 18.2 Å². The van der Waals surface area contributed by atoms with E-state index in [1.807, 2.05) is 0 Å². The van der Waals surface area contributed by atoms with Crippen molar-refractivity contribution in [1.29, 1.82) is 0 Å². The molecule has 0 heterocycles. The fraction of sp³-hybridized carbons (Fsp3) is 0.429. The minimum absolute atomic E-state index is 0.0143. The lowest BCUT2D eigenvalue weighted by Gasteiger charge is -2.16. The number of carboxylic acids is 1. The summed E-state index contributed by atoms with van der Waals surface area (Å²) in [6, 6.07) is 3.52. The van der Waals surface area contributed by atoms with Gasteiger partial charge in [-0.05, 0) is 30.9 Å².